The molecular formula is C44H26N4. The number of nitriles is 1. The second kappa shape index (κ2) is 10.9. The van der Waals surface area contributed by atoms with Crippen LogP contribution in [0.15, 0.2) is 158 Å². The standard InChI is InChI=1S/C44H26N4/c1-46-38-15-9-14-34(44(38)48-39-16-5-2-11-35(39)36-12-3-6-17-40(36)48)31-22-20-29(21-23-31)30-24-26-33(27-25-30)47-41-18-7-4-13-37(41)43-32(28-45)10-8-19-42(43)47/h2-27H. The van der Waals surface area contributed by atoms with Gasteiger partial charge in [-0.3, -0.25) is 0 Å². The predicted molar refractivity (Wildman–Crippen MR) is 197 cm³/mol. The second-order valence-corrected chi connectivity index (χ2v) is 11.9. The molecule has 0 radical (unpaired) electrons. The summed E-state index contributed by atoms with van der Waals surface area (Å²) < 4.78 is 4.48. The van der Waals surface area contributed by atoms with Crippen LogP contribution in [-0.4, -0.2) is 9.13 Å². The Hall–Kier alpha value is -6.88. The normalized spacial score (nSPS) is 11.3. The van der Waals surface area contributed by atoms with Crippen LogP contribution in [0.4, 0.5) is 5.69 Å². The molecule has 0 aliphatic heterocycles. The Labute approximate surface area is 277 Å². The third-order valence-corrected chi connectivity index (χ3v) is 9.41. The number of hydrogen-bond donors (Lipinski definition) is 0. The number of para-hydroxylation sites is 4. The number of rotatable bonds is 4. The fraction of sp³-hybridized carbons (Fsp3) is 0. The predicted octanol–water partition coefficient (Wildman–Crippen LogP) is 11.6. The van der Waals surface area contributed by atoms with Gasteiger partial charge in [-0.05, 0) is 64.7 Å². The van der Waals surface area contributed by atoms with Gasteiger partial charge < -0.3 is 9.13 Å². The zero-order valence-electron chi connectivity index (χ0n) is 25.8. The summed E-state index contributed by atoms with van der Waals surface area (Å²) in [5.74, 6) is 0. The molecule has 0 atom stereocenters. The summed E-state index contributed by atoms with van der Waals surface area (Å²) >= 11 is 0. The van der Waals surface area contributed by atoms with Crippen molar-refractivity contribution in [3.05, 3.63) is 175 Å². The first-order chi connectivity index (χ1) is 23.7. The zero-order valence-corrected chi connectivity index (χ0v) is 25.8. The van der Waals surface area contributed by atoms with Crippen LogP contribution in [0.25, 0.3) is 82.1 Å². The fourth-order valence-electron chi connectivity index (χ4n) is 7.29. The lowest BCUT2D eigenvalue weighted by Crippen LogP contribution is -1.97. The van der Waals surface area contributed by atoms with Crippen molar-refractivity contribution in [1.29, 1.82) is 5.26 Å². The minimum atomic E-state index is 0.616. The topological polar surface area (TPSA) is 38.0 Å². The summed E-state index contributed by atoms with van der Waals surface area (Å²) in [6.07, 6.45) is 0. The number of benzene rings is 7. The van der Waals surface area contributed by atoms with Crippen LogP contribution in [-0.2, 0) is 0 Å². The molecule has 9 rings (SSSR count). The molecule has 0 spiro atoms. The first-order valence-corrected chi connectivity index (χ1v) is 15.9. The van der Waals surface area contributed by atoms with Crippen LogP contribution in [0.5, 0.6) is 0 Å². The third-order valence-electron chi connectivity index (χ3n) is 9.41. The minimum absolute atomic E-state index is 0.616. The highest BCUT2D eigenvalue weighted by Crippen LogP contribution is 2.41. The van der Waals surface area contributed by atoms with E-state index in [1.54, 1.807) is 0 Å². The van der Waals surface area contributed by atoms with Crippen molar-refractivity contribution in [2.24, 2.45) is 0 Å². The van der Waals surface area contributed by atoms with Crippen molar-refractivity contribution in [3.63, 3.8) is 0 Å². The molecule has 2 aromatic heterocycles. The van der Waals surface area contributed by atoms with E-state index in [4.69, 9.17) is 6.57 Å². The second-order valence-electron chi connectivity index (χ2n) is 11.9. The molecule has 48 heavy (non-hydrogen) atoms. The lowest BCUT2D eigenvalue weighted by molar-refractivity contribution is 1.18. The molecule has 0 amide bonds. The lowest BCUT2D eigenvalue weighted by Gasteiger charge is -2.16. The van der Waals surface area contributed by atoms with Gasteiger partial charge in [-0.25, -0.2) is 4.85 Å². The van der Waals surface area contributed by atoms with Gasteiger partial charge in [0.1, 0.15) is 0 Å². The van der Waals surface area contributed by atoms with Crippen molar-refractivity contribution in [2.75, 3.05) is 0 Å². The first kappa shape index (κ1) is 27.4. The highest BCUT2D eigenvalue weighted by Gasteiger charge is 2.19. The van der Waals surface area contributed by atoms with Crippen molar-refractivity contribution < 1.29 is 0 Å². The highest BCUT2D eigenvalue weighted by molar-refractivity contribution is 6.12. The Morgan fingerprint density at radius 2 is 1.00 bits per heavy atom. The van der Waals surface area contributed by atoms with Gasteiger partial charge in [0.25, 0.3) is 0 Å². The molecular weight excluding hydrogens is 585 g/mol. The summed E-state index contributed by atoms with van der Waals surface area (Å²) in [7, 11) is 0. The summed E-state index contributed by atoms with van der Waals surface area (Å²) in [6.45, 7) is 8.08. The van der Waals surface area contributed by atoms with E-state index in [1.165, 1.54) is 10.8 Å². The smallest absolute Gasteiger partial charge is 0.211 e. The van der Waals surface area contributed by atoms with Gasteiger partial charge in [0.15, 0.2) is 0 Å². The molecule has 0 saturated carbocycles. The molecule has 4 nitrogen and oxygen atoms in total. The first-order valence-electron chi connectivity index (χ1n) is 15.9. The minimum Gasteiger partial charge on any atom is -0.318 e. The zero-order chi connectivity index (χ0) is 32.2. The lowest BCUT2D eigenvalue weighted by atomic mass is 9.98. The van der Waals surface area contributed by atoms with E-state index in [-0.39, 0.29) is 0 Å². The number of nitrogens with zero attached hydrogens (tertiary/aromatic N) is 4. The summed E-state index contributed by atoms with van der Waals surface area (Å²) in [5.41, 5.74) is 11.8. The molecule has 0 N–H and O–H groups in total. The molecule has 4 heteroatoms. The summed E-state index contributed by atoms with van der Waals surface area (Å²) in [5, 5.41) is 14.2. The molecule has 7 aromatic carbocycles. The molecule has 0 aliphatic carbocycles. The van der Waals surface area contributed by atoms with Gasteiger partial charge in [0.2, 0.25) is 5.69 Å². The van der Waals surface area contributed by atoms with Gasteiger partial charge in [-0.1, -0.05) is 115 Å². The average Bonchev–Trinajstić information content (AvgIpc) is 3.68. The average molecular weight is 611 g/mol. The van der Waals surface area contributed by atoms with Crippen LogP contribution in [0, 0.1) is 17.9 Å². The Morgan fingerprint density at radius 1 is 0.479 bits per heavy atom. The van der Waals surface area contributed by atoms with Crippen LogP contribution in [0.1, 0.15) is 5.56 Å². The molecule has 0 bridgehead atoms. The van der Waals surface area contributed by atoms with E-state index >= 15 is 0 Å². The van der Waals surface area contributed by atoms with Crippen molar-refractivity contribution >= 4 is 49.3 Å². The molecule has 9 aromatic rings. The molecule has 0 aliphatic rings. The van der Waals surface area contributed by atoms with Crippen molar-refractivity contribution in [3.8, 4) is 39.7 Å². The van der Waals surface area contributed by atoms with Gasteiger partial charge in [-0.15, -0.1) is 0 Å². The van der Waals surface area contributed by atoms with E-state index in [9.17, 15) is 5.26 Å². The summed E-state index contributed by atoms with van der Waals surface area (Å²) in [6, 6.07) is 56.6. The maximum atomic E-state index is 9.83. The van der Waals surface area contributed by atoms with Gasteiger partial charge >= 0.3 is 0 Å². The SMILES string of the molecule is [C-]#[N+]c1cccc(-c2ccc(-c3ccc(-n4c5ccccc5c5c(C#N)cccc54)cc3)cc2)c1-n1c2ccccc2c2ccccc21. The summed E-state index contributed by atoms with van der Waals surface area (Å²) in [4.78, 5) is 3.98. The molecule has 2 heterocycles. The maximum absolute atomic E-state index is 9.83. The quantitative estimate of drug-likeness (QED) is 0.183. The fourth-order valence-corrected chi connectivity index (χ4v) is 7.29. The number of hydrogen-bond acceptors (Lipinski definition) is 1. The molecule has 0 fully saturated rings. The monoisotopic (exact) mass is 610 g/mol. The highest BCUT2D eigenvalue weighted by atomic mass is 15.0. The van der Waals surface area contributed by atoms with Crippen LogP contribution in [0.3, 0.4) is 0 Å². The number of aromatic nitrogens is 2. The van der Waals surface area contributed by atoms with Crippen LogP contribution in [0.2, 0.25) is 0 Å². The van der Waals surface area contributed by atoms with E-state index in [0.717, 1.165) is 66.5 Å². The van der Waals surface area contributed by atoms with Gasteiger partial charge in [-0.2, -0.15) is 5.26 Å². The van der Waals surface area contributed by atoms with Gasteiger partial charge in [0.05, 0.1) is 46.0 Å². The van der Waals surface area contributed by atoms with Crippen molar-refractivity contribution in [1.82, 2.24) is 9.13 Å². The Morgan fingerprint density at radius 3 is 1.62 bits per heavy atom. The third kappa shape index (κ3) is 4.07. The van der Waals surface area contributed by atoms with Crippen LogP contribution < -0.4 is 0 Å². The van der Waals surface area contributed by atoms with E-state index < -0.39 is 0 Å². The van der Waals surface area contributed by atoms with E-state index in [2.05, 4.69) is 141 Å². The largest absolute Gasteiger partial charge is 0.318 e. The molecule has 0 saturated heterocycles. The van der Waals surface area contributed by atoms with E-state index in [1.807, 2.05) is 36.4 Å². The maximum Gasteiger partial charge on any atom is 0.211 e. The Kier molecular flexibility index (Phi) is 6.22. The Balaban J connectivity index is 1.13. The van der Waals surface area contributed by atoms with E-state index in [0.29, 0.717) is 11.3 Å². The van der Waals surface area contributed by atoms with Crippen molar-refractivity contribution in [2.45, 2.75) is 0 Å². The van der Waals surface area contributed by atoms with Gasteiger partial charge in [0, 0.05) is 27.2 Å². The molecule has 222 valence electrons. The number of fused-ring (bicyclic) bond motifs is 6. The molecule has 0 unspecified atom stereocenters. The Bertz CT molecular complexity index is 2730. The van der Waals surface area contributed by atoms with Crippen LogP contribution >= 0.6 is 0 Å².